The first-order valence-electron chi connectivity index (χ1n) is 5.62. The van der Waals surface area contributed by atoms with Crippen molar-refractivity contribution in [1.29, 1.82) is 0 Å². The number of alkyl halides is 3. The Hall–Kier alpha value is -2.65. The Balaban J connectivity index is 2.28. The second-order valence-electron chi connectivity index (χ2n) is 4.26. The van der Waals surface area contributed by atoms with Crippen LogP contribution in [0.15, 0.2) is 24.3 Å². The molecule has 0 aromatic heterocycles. The summed E-state index contributed by atoms with van der Waals surface area (Å²) in [5.74, 6) is -0.871. The van der Waals surface area contributed by atoms with Gasteiger partial charge in [0.1, 0.15) is 13.1 Å². The number of nitrogens with zero attached hydrogens (tertiary/aromatic N) is 3. The summed E-state index contributed by atoms with van der Waals surface area (Å²) in [5, 5.41) is 10.6. The molecular formula is C11H8F3N3O4. The molecule has 1 aromatic rings. The van der Waals surface area contributed by atoms with Crippen LogP contribution >= 0.6 is 0 Å². The van der Waals surface area contributed by atoms with E-state index in [0.29, 0.717) is 9.80 Å². The summed E-state index contributed by atoms with van der Waals surface area (Å²) >= 11 is 0. The highest BCUT2D eigenvalue weighted by Gasteiger charge is 2.43. The molecule has 1 saturated heterocycles. The van der Waals surface area contributed by atoms with Crippen LogP contribution in [-0.2, 0) is 4.79 Å². The molecule has 1 heterocycles. The van der Waals surface area contributed by atoms with Gasteiger partial charge in [-0.1, -0.05) is 6.07 Å². The number of rotatable bonds is 3. The number of benzene rings is 1. The molecule has 1 aliphatic heterocycles. The number of imide groups is 1. The zero-order valence-electron chi connectivity index (χ0n) is 10.3. The van der Waals surface area contributed by atoms with Crippen LogP contribution in [0.4, 0.5) is 29.3 Å². The molecule has 1 aliphatic rings. The summed E-state index contributed by atoms with van der Waals surface area (Å²) in [4.78, 5) is 34.3. The molecule has 0 saturated carbocycles. The van der Waals surface area contributed by atoms with Crippen LogP contribution in [0.2, 0.25) is 0 Å². The number of hydrogen-bond acceptors (Lipinski definition) is 4. The summed E-state index contributed by atoms with van der Waals surface area (Å²) in [6.07, 6.45) is -4.63. The number of carbonyl (C=O) groups is 2. The molecule has 21 heavy (non-hydrogen) atoms. The van der Waals surface area contributed by atoms with Gasteiger partial charge in [-0.25, -0.2) is 9.69 Å². The van der Waals surface area contributed by atoms with Crippen LogP contribution < -0.4 is 4.90 Å². The van der Waals surface area contributed by atoms with E-state index in [2.05, 4.69) is 0 Å². The number of nitro benzene ring substituents is 1. The Morgan fingerprint density at radius 2 is 1.95 bits per heavy atom. The highest BCUT2D eigenvalue weighted by atomic mass is 19.4. The summed E-state index contributed by atoms with van der Waals surface area (Å²) in [5.41, 5.74) is -0.508. The maximum Gasteiger partial charge on any atom is 0.406 e. The van der Waals surface area contributed by atoms with Crippen LogP contribution in [0, 0.1) is 10.1 Å². The van der Waals surface area contributed by atoms with Gasteiger partial charge in [0.05, 0.1) is 10.6 Å². The third-order valence-electron chi connectivity index (χ3n) is 2.71. The fourth-order valence-electron chi connectivity index (χ4n) is 1.89. The number of carbonyl (C=O) groups excluding carboxylic acids is 2. The number of non-ortho nitro benzene ring substituents is 1. The first-order valence-corrected chi connectivity index (χ1v) is 5.62. The van der Waals surface area contributed by atoms with Gasteiger partial charge in [-0.05, 0) is 6.07 Å². The summed E-state index contributed by atoms with van der Waals surface area (Å²) in [7, 11) is 0. The Morgan fingerprint density at radius 1 is 1.29 bits per heavy atom. The molecule has 0 atom stereocenters. The van der Waals surface area contributed by atoms with Crippen molar-refractivity contribution in [3.8, 4) is 0 Å². The molecule has 2 rings (SSSR count). The average molecular weight is 303 g/mol. The van der Waals surface area contributed by atoms with Crippen molar-refractivity contribution >= 4 is 23.3 Å². The molecule has 112 valence electrons. The van der Waals surface area contributed by atoms with Crippen LogP contribution in [0.3, 0.4) is 0 Å². The van der Waals surface area contributed by atoms with E-state index in [1.54, 1.807) is 0 Å². The predicted molar refractivity (Wildman–Crippen MR) is 63.6 cm³/mol. The number of hydrogen-bond donors (Lipinski definition) is 0. The van der Waals surface area contributed by atoms with E-state index in [9.17, 15) is 32.9 Å². The lowest BCUT2D eigenvalue weighted by Gasteiger charge is -2.18. The normalized spacial score (nSPS) is 15.8. The summed E-state index contributed by atoms with van der Waals surface area (Å²) in [6.45, 7) is -2.27. The maximum atomic E-state index is 12.3. The van der Waals surface area contributed by atoms with Crippen molar-refractivity contribution in [2.45, 2.75) is 6.18 Å². The zero-order valence-corrected chi connectivity index (χ0v) is 10.3. The molecule has 0 radical (unpaired) electrons. The van der Waals surface area contributed by atoms with Crippen molar-refractivity contribution < 1.29 is 27.7 Å². The van der Waals surface area contributed by atoms with Gasteiger partial charge < -0.3 is 4.90 Å². The molecule has 0 unspecified atom stereocenters. The largest absolute Gasteiger partial charge is 0.406 e. The third kappa shape index (κ3) is 3.09. The minimum absolute atomic E-state index is 0.135. The lowest BCUT2D eigenvalue weighted by molar-refractivity contribution is -0.384. The number of urea groups is 1. The fourth-order valence-corrected chi connectivity index (χ4v) is 1.89. The van der Waals surface area contributed by atoms with Crippen LogP contribution in [-0.4, -0.2) is 41.0 Å². The monoisotopic (exact) mass is 303 g/mol. The van der Waals surface area contributed by atoms with Crippen molar-refractivity contribution in [3.05, 3.63) is 34.4 Å². The van der Waals surface area contributed by atoms with E-state index in [4.69, 9.17) is 0 Å². The van der Waals surface area contributed by atoms with E-state index >= 15 is 0 Å². The van der Waals surface area contributed by atoms with Crippen molar-refractivity contribution in [3.63, 3.8) is 0 Å². The van der Waals surface area contributed by atoms with Gasteiger partial charge in [-0.3, -0.25) is 14.9 Å². The highest BCUT2D eigenvalue weighted by molar-refractivity contribution is 6.19. The molecule has 3 amide bonds. The quantitative estimate of drug-likeness (QED) is 0.485. The molecule has 0 aliphatic carbocycles. The third-order valence-corrected chi connectivity index (χ3v) is 2.71. The predicted octanol–water partition coefficient (Wildman–Crippen LogP) is 1.93. The Labute approximate surface area is 115 Å². The standard InChI is InChI=1S/C11H8F3N3O4/c12-11(13,14)6-15-5-9(18)16(10(15)19)7-2-1-3-8(4-7)17(20)21/h1-4H,5-6H2. The van der Waals surface area contributed by atoms with Gasteiger partial charge in [0.25, 0.3) is 11.6 Å². The molecule has 10 heteroatoms. The molecule has 1 fully saturated rings. The zero-order chi connectivity index (χ0) is 15.8. The number of nitro groups is 1. The van der Waals surface area contributed by atoms with E-state index < -0.39 is 36.1 Å². The van der Waals surface area contributed by atoms with E-state index in [0.717, 1.165) is 12.1 Å². The number of anilines is 1. The minimum atomic E-state index is -4.63. The molecule has 0 spiro atoms. The number of amides is 3. The van der Waals surface area contributed by atoms with Crippen molar-refractivity contribution in [2.24, 2.45) is 0 Å². The lowest BCUT2D eigenvalue weighted by Crippen LogP contribution is -2.38. The molecule has 0 N–H and O–H groups in total. The number of halogens is 3. The highest BCUT2D eigenvalue weighted by Crippen LogP contribution is 2.27. The lowest BCUT2D eigenvalue weighted by atomic mass is 10.2. The van der Waals surface area contributed by atoms with Gasteiger partial charge in [-0.2, -0.15) is 13.2 Å². The second-order valence-corrected chi connectivity index (χ2v) is 4.26. The maximum absolute atomic E-state index is 12.3. The molecular weight excluding hydrogens is 295 g/mol. The van der Waals surface area contributed by atoms with E-state index in [1.807, 2.05) is 0 Å². The first-order chi connectivity index (χ1) is 9.69. The summed E-state index contributed by atoms with van der Waals surface area (Å²) in [6, 6.07) is 3.41. The summed E-state index contributed by atoms with van der Waals surface area (Å²) < 4.78 is 36.9. The fraction of sp³-hybridized carbons (Fsp3) is 0.273. The topological polar surface area (TPSA) is 83.8 Å². The van der Waals surface area contributed by atoms with Gasteiger partial charge in [-0.15, -0.1) is 0 Å². The Kier molecular flexibility index (Phi) is 3.54. The average Bonchev–Trinajstić information content (AvgIpc) is 2.62. The van der Waals surface area contributed by atoms with Crippen LogP contribution in [0.5, 0.6) is 0 Å². The first kappa shape index (κ1) is 14.8. The van der Waals surface area contributed by atoms with E-state index in [-0.39, 0.29) is 11.4 Å². The molecule has 7 nitrogen and oxygen atoms in total. The molecule has 0 bridgehead atoms. The van der Waals surface area contributed by atoms with Gasteiger partial charge in [0.15, 0.2) is 0 Å². The van der Waals surface area contributed by atoms with E-state index in [1.165, 1.54) is 12.1 Å². The van der Waals surface area contributed by atoms with Gasteiger partial charge in [0, 0.05) is 12.1 Å². The Morgan fingerprint density at radius 3 is 2.52 bits per heavy atom. The second kappa shape index (κ2) is 5.04. The Bertz CT molecular complexity index is 617. The van der Waals surface area contributed by atoms with Gasteiger partial charge >= 0.3 is 12.2 Å². The van der Waals surface area contributed by atoms with Crippen molar-refractivity contribution in [2.75, 3.05) is 18.0 Å². The smallest absolute Gasteiger partial charge is 0.306 e. The van der Waals surface area contributed by atoms with Crippen LogP contribution in [0.25, 0.3) is 0 Å². The SMILES string of the molecule is O=C1CN(CC(F)(F)F)C(=O)N1c1cccc([N+](=O)[O-])c1. The van der Waals surface area contributed by atoms with Gasteiger partial charge in [0.2, 0.25) is 0 Å². The van der Waals surface area contributed by atoms with Crippen LogP contribution in [0.1, 0.15) is 0 Å². The molecule has 1 aromatic carbocycles. The van der Waals surface area contributed by atoms with Crippen molar-refractivity contribution in [1.82, 2.24) is 4.90 Å². The minimum Gasteiger partial charge on any atom is -0.306 e.